The van der Waals surface area contributed by atoms with Crippen LogP contribution in [0, 0.1) is 0 Å². The summed E-state index contributed by atoms with van der Waals surface area (Å²) in [6.07, 6.45) is 2.74. The zero-order valence-corrected chi connectivity index (χ0v) is 9.37. The van der Waals surface area contributed by atoms with Gasteiger partial charge in [-0.25, -0.2) is 0 Å². The molecule has 0 heterocycles. The minimum atomic E-state index is 0.103. The molecule has 2 N–H and O–H groups in total. The first-order chi connectivity index (χ1) is 6.72. The fraction of sp³-hybridized carbons (Fsp3) is 0.667. The van der Waals surface area contributed by atoms with Crippen molar-refractivity contribution >= 4 is 29.1 Å². The number of nitrogens with one attached hydrogen (secondary N) is 2. The van der Waals surface area contributed by atoms with Crippen molar-refractivity contribution < 1.29 is 4.79 Å². The lowest BCUT2D eigenvalue weighted by Crippen LogP contribution is -2.29. The predicted molar refractivity (Wildman–Crippen MR) is 58.4 cm³/mol. The summed E-state index contributed by atoms with van der Waals surface area (Å²) < 4.78 is 0. The molecule has 0 bridgehead atoms. The Morgan fingerprint density at radius 2 is 2.21 bits per heavy atom. The molecule has 1 saturated carbocycles. The summed E-state index contributed by atoms with van der Waals surface area (Å²) in [6, 6.07) is 0.439. The summed E-state index contributed by atoms with van der Waals surface area (Å²) in [5, 5.41) is 6.47. The van der Waals surface area contributed by atoms with Gasteiger partial charge in [0.05, 0.1) is 0 Å². The van der Waals surface area contributed by atoms with Gasteiger partial charge in [0.15, 0.2) is 0 Å². The monoisotopic (exact) mass is 236 g/mol. The van der Waals surface area contributed by atoms with Crippen LogP contribution in [0.1, 0.15) is 19.3 Å². The smallest absolute Gasteiger partial charge is 0.221 e. The molecule has 1 aliphatic carbocycles. The number of rotatable bonds is 6. The molecule has 0 aromatic carbocycles. The average molecular weight is 237 g/mol. The third-order valence-corrected chi connectivity index (χ3v) is 2.50. The molecule has 0 spiro atoms. The van der Waals surface area contributed by atoms with Crippen LogP contribution in [0.3, 0.4) is 0 Å². The normalized spacial score (nSPS) is 16.9. The molecular weight excluding hydrogens is 223 g/mol. The van der Waals surface area contributed by atoms with Gasteiger partial charge in [0.2, 0.25) is 5.91 Å². The fourth-order valence-corrected chi connectivity index (χ4v) is 1.15. The second-order valence-electron chi connectivity index (χ2n) is 3.32. The van der Waals surface area contributed by atoms with E-state index in [-0.39, 0.29) is 5.91 Å². The van der Waals surface area contributed by atoms with Gasteiger partial charge in [0.1, 0.15) is 0 Å². The van der Waals surface area contributed by atoms with Gasteiger partial charge in [-0.05, 0) is 12.8 Å². The molecule has 3 nitrogen and oxygen atoms in total. The molecule has 0 aromatic heterocycles. The molecule has 1 fully saturated rings. The van der Waals surface area contributed by atoms with Crippen LogP contribution in [0.4, 0.5) is 0 Å². The summed E-state index contributed by atoms with van der Waals surface area (Å²) in [5.74, 6) is 0.103. The van der Waals surface area contributed by atoms with Gasteiger partial charge in [-0.15, -0.1) is 0 Å². The summed E-state index contributed by atoms with van der Waals surface area (Å²) in [6.45, 7) is 1.14. The molecule has 5 heteroatoms. The molecule has 1 aliphatic rings. The Kier molecular flexibility index (Phi) is 5.30. The standard InChI is InChI=1S/C9H14Cl2N2O/c10-5-7(11)6-12-4-3-9(14)13-8-1-2-8/h5,8,12H,1-4,6H2,(H,13,14). The second-order valence-corrected chi connectivity index (χ2v) is 4.03. The quantitative estimate of drug-likeness (QED) is 0.688. The SMILES string of the molecule is O=C(CCNCC(Cl)=CCl)NC1CC1. The second kappa shape index (κ2) is 6.27. The van der Waals surface area contributed by atoms with E-state index in [4.69, 9.17) is 23.2 Å². The van der Waals surface area contributed by atoms with Crippen LogP contribution in [0.25, 0.3) is 0 Å². The van der Waals surface area contributed by atoms with Crippen molar-refractivity contribution in [2.45, 2.75) is 25.3 Å². The molecule has 14 heavy (non-hydrogen) atoms. The van der Waals surface area contributed by atoms with E-state index >= 15 is 0 Å². The lowest BCUT2D eigenvalue weighted by atomic mass is 10.4. The van der Waals surface area contributed by atoms with E-state index in [9.17, 15) is 4.79 Å². The minimum Gasteiger partial charge on any atom is -0.353 e. The highest BCUT2D eigenvalue weighted by Crippen LogP contribution is 2.18. The zero-order chi connectivity index (χ0) is 10.4. The highest BCUT2D eigenvalue weighted by Gasteiger charge is 2.22. The number of amides is 1. The first kappa shape index (κ1) is 11.8. The number of hydrogen-bond acceptors (Lipinski definition) is 2. The van der Waals surface area contributed by atoms with Crippen molar-refractivity contribution in [3.63, 3.8) is 0 Å². The molecular formula is C9H14Cl2N2O. The summed E-state index contributed by atoms with van der Waals surface area (Å²) in [5.41, 5.74) is 1.32. The molecule has 0 aliphatic heterocycles. The number of carbonyl (C=O) groups excluding carboxylic acids is 1. The van der Waals surface area contributed by atoms with Crippen molar-refractivity contribution in [3.05, 3.63) is 10.6 Å². The maximum Gasteiger partial charge on any atom is 0.221 e. The first-order valence-electron chi connectivity index (χ1n) is 4.67. The Balaban J connectivity index is 1.94. The van der Waals surface area contributed by atoms with Gasteiger partial charge >= 0.3 is 0 Å². The fourth-order valence-electron chi connectivity index (χ4n) is 0.976. The van der Waals surface area contributed by atoms with E-state index in [0.717, 1.165) is 12.8 Å². The summed E-state index contributed by atoms with van der Waals surface area (Å²) in [7, 11) is 0. The topological polar surface area (TPSA) is 41.1 Å². The zero-order valence-electron chi connectivity index (χ0n) is 7.85. The van der Waals surface area contributed by atoms with E-state index in [1.807, 2.05) is 0 Å². The van der Waals surface area contributed by atoms with E-state index in [1.165, 1.54) is 5.54 Å². The first-order valence-corrected chi connectivity index (χ1v) is 5.48. The molecule has 0 unspecified atom stereocenters. The van der Waals surface area contributed by atoms with Crippen LogP contribution < -0.4 is 10.6 Å². The van der Waals surface area contributed by atoms with E-state index < -0.39 is 0 Å². The van der Waals surface area contributed by atoms with Crippen LogP contribution in [0.2, 0.25) is 0 Å². The predicted octanol–water partition coefficient (Wildman–Crippen LogP) is 1.56. The number of halogens is 2. The molecule has 0 radical (unpaired) electrons. The lowest BCUT2D eigenvalue weighted by molar-refractivity contribution is -0.121. The maximum atomic E-state index is 11.2. The van der Waals surface area contributed by atoms with Gasteiger partial charge in [0.25, 0.3) is 0 Å². The largest absolute Gasteiger partial charge is 0.353 e. The highest BCUT2D eigenvalue weighted by atomic mass is 35.5. The third kappa shape index (κ3) is 5.47. The van der Waals surface area contributed by atoms with Gasteiger partial charge < -0.3 is 10.6 Å². The van der Waals surface area contributed by atoms with Crippen molar-refractivity contribution in [1.82, 2.24) is 10.6 Å². The Morgan fingerprint density at radius 3 is 2.79 bits per heavy atom. The number of hydrogen-bond donors (Lipinski definition) is 2. The Hall–Kier alpha value is -0.250. The van der Waals surface area contributed by atoms with Crippen molar-refractivity contribution in [2.24, 2.45) is 0 Å². The van der Waals surface area contributed by atoms with Gasteiger partial charge in [-0.2, -0.15) is 0 Å². The molecule has 1 rings (SSSR count). The van der Waals surface area contributed by atoms with Gasteiger partial charge in [-0.3, -0.25) is 4.79 Å². The lowest BCUT2D eigenvalue weighted by Gasteiger charge is -2.04. The Morgan fingerprint density at radius 1 is 1.50 bits per heavy atom. The van der Waals surface area contributed by atoms with Crippen LogP contribution in [0.15, 0.2) is 10.6 Å². The molecule has 1 amide bonds. The van der Waals surface area contributed by atoms with Gasteiger partial charge in [0, 0.05) is 36.1 Å². The van der Waals surface area contributed by atoms with E-state index in [2.05, 4.69) is 10.6 Å². The highest BCUT2D eigenvalue weighted by molar-refractivity contribution is 6.36. The van der Waals surface area contributed by atoms with Gasteiger partial charge in [-0.1, -0.05) is 23.2 Å². The van der Waals surface area contributed by atoms with Crippen molar-refractivity contribution in [3.8, 4) is 0 Å². The van der Waals surface area contributed by atoms with Crippen LogP contribution in [0.5, 0.6) is 0 Å². The molecule has 0 aromatic rings. The minimum absolute atomic E-state index is 0.103. The van der Waals surface area contributed by atoms with Crippen LogP contribution >= 0.6 is 23.2 Å². The van der Waals surface area contributed by atoms with Crippen LogP contribution in [-0.2, 0) is 4.79 Å². The summed E-state index contributed by atoms with van der Waals surface area (Å²) >= 11 is 11.0. The molecule has 0 saturated heterocycles. The Bertz CT molecular complexity index is 227. The van der Waals surface area contributed by atoms with E-state index in [1.54, 1.807) is 0 Å². The van der Waals surface area contributed by atoms with Crippen molar-refractivity contribution in [2.75, 3.05) is 13.1 Å². The molecule has 0 atom stereocenters. The van der Waals surface area contributed by atoms with E-state index in [0.29, 0.717) is 30.6 Å². The average Bonchev–Trinajstić information content (AvgIpc) is 2.95. The maximum absolute atomic E-state index is 11.2. The molecule has 80 valence electrons. The van der Waals surface area contributed by atoms with Crippen LogP contribution in [-0.4, -0.2) is 25.0 Å². The third-order valence-electron chi connectivity index (χ3n) is 1.88. The Labute approximate surface area is 93.8 Å². The summed E-state index contributed by atoms with van der Waals surface area (Å²) in [4.78, 5) is 11.2. The van der Waals surface area contributed by atoms with Crippen molar-refractivity contribution in [1.29, 1.82) is 0 Å². The number of carbonyl (C=O) groups is 1.